The molecular weight excluding hydrogens is 226 g/mol. The lowest BCUT2D eigenvalue weighted by atomic mass is 10.3. The van der Waals surface area contributed by atoms with Crippen LogP contribution in [0.5, 0.6) is 0 Å². The number of hydrogen-bond acceptors (Lipinski definition) is 5. The van der Waals surface area contributed by atoms with E-state index in [2.05, 4.69) is 10.6 Å². The van der Waals surface area contributed by atoms with Gasteiger partial charge in [-0.15, -0.1) is 0 Å². The van der Waals surface area contributed by atoms with Gasteiger partial charge in [0.2, 0.25) is 0 Å². The van der Waals surface area contributed by atoms with Gasteiger partial charge in [0, 0.05) is 26.4 Å². The molecule has 0 unspecified atom stereocenters. The summed E-state index contributed by atoms with van der Waals surface area (Å²) in [5.74, 6) is -1.61. The maximum atomic E-state index is 11.4. The summed E-state index contributed by atoms with van der Waals surface area (Å²) in [5.41, 5.74) is -0.105. The first-order chi connectivity index (χ1) is 8.11. The second kappa shape index (κ2) is 9.18. The van der Waals surface area contributed by atoms with Crippen LogP contribution < -0.4 is 10.6 Å². The van der Waals surface area contributed by atoms with Crippen molar-refractivity contribution in [3.05, 3.63) is 11.8 Å². The molecule has 0 bridgehead atoms. The van der Waals surface area contributed by atoms with Gasteiger partial charge < -0.3 is 20.5 Å². The Hall–Kier alpha value is -2.07. The summed E-state index contributed by atoms with van der Waals surface area (Å²) < 4.78 is 4.77. The Morgan fingerprint density at radius 3 is 2.71 bits per heavy atom. The second-order valence-electron chi connectivity index (χ2n) is 3.02. The Balaban J connectivity index is 4.04. The van der Waals surface area contributed by atoms with Crippen LogP contribution in [-0.2, 0) is 14.3 Å². The molecule has 7 heteroatoms. The van der Waals surface area contributed by atoms with Crippen LogP contribution in [0.25, 0.3) is 0 Å². The number of nitrogens with zero attached hydrogens (tertiary/aromatic N) is 1. The third-order valence-electron chi connectivity index (χ3n) is 1.69. The molecule has 0 aromatic carbocycles. The van der Waals surface area contributed by atoms with Crippen molar-refractivity contribution < 1.29 is 19.4 Å². The van der Waals surface area contributed by atoms with E-state index in [0.717, 1.165) is 0 Å². The molecule has 7 nitrogen and oxygen atoms in total. The van der Waals surface area contributed by atoms with Crippen molar-refractivity contribution in [1.82, 2.24) is 10.6 Å². The van der Waals surface area contributed by atoms with Gasteiger partial charge in [0.05, 0.1) is 13.0 Å². The lowest BCUT2D eigenvalue weighted by Gasteiger charge is -2.03. The number of carboxylic acids is 1. The van der Waals surface area contributed by atoms with Crippen molar-refractivity contribution in [3.63, 3.8) is 0 Å². The first-order valence-electron chi connectivity index (χ1n) is 4.94. The van der Waals surface area contributed by atoms with E-state index in [1.807, 2.05) is 0 Å². The van der Waals surface area contributed by atoms with Gasteiger partial charge in [0.1, 0.15) is 11.6 Å². The molecule has 94 valence electrons. The van der Waals surface area contributed by atoms with Crippen molar-refractivity contribution in [1.29, 1.82) is 5.26 Å². The van der Waals surface area contributed by atoms with Crippen molar-refractivity contribution in [2.75, 3.05) is 26.8 Å². The van der Waals surface area contributed by atoms with Crippen LogP contribution in [0.1, 0.15) is 6.42 Å². The van der Waals surface area contributed by atoms with Crippen molar-refractivity contribution in [2.45, 2.75) is 6.42 Å². The van der Waals surface area contributed by atoms with E-state index in [1.54, 1.807) is 6.07 Å². The number of rotatable bonds is 8. The van der Waals surface area contributed by atoms with Crippen molar-refractivity contribution in [3.8, 4) is 6.07 Å². The Labute approximate surface area is 99.1 Å². The molecule has 0 saturated carbocycles. The van der Waals surface area contributed by atoms with Crippen LogP contribution in [0, 0.1) is 11.3 Å². The maximum absolute atomic E-state index is 11.4. The average molecular weight is 241 g/mol. The molecule has 1 amide bonds. The third kappa shape index (κ3) is 7.81. The number of carbonyl (C=O) groups is 2. The van der Waals surface area contributed by atoms with Gasteiger partial charge in [-0.05, 0) is 0 Å². The summed E-state index contributed by atoms with van der Waals surface area (Å²) in [5, 5.41) is 22.1. The highest BCUT2D eigenvalue weighted by Crippen LogP contribution is 1.90. The number of methoxy groups -OCH3 is 1. The zero-order valence-corrected chi connectivity index (χ0v) is 9.52. The summed E-state index contributed by atoms with van der Waals surface area (Å²) >= 11 is 0. The van der Waals surface area contributed by atoms with Gasteiger partial charge in [-0.3, -0.25) is 9.59 Å². The maximum Gasteiger partial charge on any atom is 0.305 e. The molecule has 3 N–H and O–H groups in total. The standard InChI is InChI=1S/C10H15N3O4/c1-17-5-4-12-7-8(6-11)10(16)13-3-2-9(14)15/h7,12H,2-5H2,1H3,(H,13,16)(H,14,15)/b8-7-. The molecule has 0 aromatic rings. The molecule has 0 rings (SSSR count). The monoisotopic (exact) mass is 241 g/mol. The fourth-order valence-corrected chi connectivity index (χ4v) is 0.862. The first-order valence-corrected chi connectivity index (χ1v) is 4.94. The molecule has 0 spiro atoms. The lowest BCUT2D eigenvalue weighted by molar-refractivity contribution is -0.136. The van der Waals surface area contributed by atoms with E-state index < -0.39 is 11.9 Å². The summed E-state index contributed by atoms with van der Waals surface area (Å²) in [6.07, 6.45) is 1.09. The zero-order chi connectivity index (χ0) is 13.1. The summed E-state index contributed by atoms with van der Waals surface area (Å²) in [4.78, 5) is 21.6. The Kier molecular flexibility index (Phi) is 8.06. The van der Waals surface area contributed by atoms with E-state index in [-0.39, 0.29) is 18.5 Å². The molecule has 0 aromatic heterocycles. The molecule has 0 aliphatic carbocycles. The molecule has 0 aliphatic heterocycles. The highest BCUT2D eigenvalue weighted by atomic mass is 16.5. The smallest absolute Gasteiger partial charge is 0.305 e. The molecule has 0 heterocycles. The first kappa shape index (κ1) is 14.9. The van der Waals surface area contributed by atoms with Crippen molar-refractivity contribution in [2.24, 2.45) is 0 Å². The number of nitriles is 1. The predicted molar refractivity (Wildman–Crippen MR) is 58.8 cm³/mol. The molecule has 0 aliphatic rings. The predicted octanol–water partition coefficient (Wildman–Crippen LogP) is -0.779. The van der Waals surface area contributed by atoms with E-state index in [9.17, 15) is 9.59 Å². The highest BCUT2D eigenvalue weighted by molar-refractivity contribution is 5.97. The van der Waals surface area contributed by atoms with E-state index in [0.29, 0.717) is 13.2 Å². The summed E-state index contributed by atoms with van der Waals surface area (Å²) in [6.45, 7) is 0.922. The second-order valence-corrected chi connectivity index (χ2v) is 3.02. The van der Waals surface area contributed by atoms with Gasteiger partial charge in [0.25, 0.3) is 5.91 Å². The normalized spacial score (nSPS) is 10.5. The van der Waals surface area contributed by atoms with Gasteiger partial charge >= 0.3 is 5.97 Å². The zero-order valence-electron chi connectivity index (χ0n) is 9.52. The van der Waals surface area contributed by atoms with Crippen LogP contribution in [0.4, 0.5) is 0 Å². The minimum atomic E-state index is -1.01. The van der Waals surface area contributed by atoms with Gasteiger partial charge in [-0.2, -0.15) is 5.26 Å². The minimum Gasteiger partial charge on any atom is -0.481 e. The van der Waals surface area contributed by atoms with Crippen molar-refractivity contribution >= 4 is 11.9 Å². The van der Waals surface area contributed by atoms with Gasteiger partial charge in [-0.1, -0.05) is 0 Å². The average Bonchev–Trinajstić information content (AvgIpc) is 2.28. The van der Waals surface area contributed by atoms with Crippen LogP contribution in [0.3, 0.4) is 0 Å². The van der Waals surface area contributed by atoms with Crippen LogP contribution in [0.2, 0.25) is 0 Å². The number of amides is 1. The Morgan fingerprint density at radius 2 is 2.18 bits per heavy atom. The van der Waals surface area contributed by atoms with Crippen LogP contribution in [-0.4, -0.2) is 43.8 Å². The Bertz CT molecular complexity index is 333. The highest BCUT2D eigenvalue weighted by Gasteiger charge is 2.08. The topological polar surface area (TPSA) is 111 Å². The molecule has 0 fully saturated rings. The number of carbonyl (C=O) groups excluding carboxylic acids is 1. The largest absolute Gasteiger partial charge is 0.481 e. The van der Waals surface area contributed by atoms with E-state index in [1.165, 1.54) is 13.3 Å². The molecule has 0 atom stereocenters. The Morgan fingerprint density at radius 1 is 1.47 bits per heavy atom. The fraction of sp³-hybridized carbons (Fsp3) is 0.500. The van der Waals surface area contributed by atoms with E-state index in [4.69, 9.17) is 15.1 Å². The van der Waals surface area contributed by atoms with Crippen LogP contribution >= 0.6 is 0 Å². The molecule has 0 radical (unpaired) electrons. The molecular formula is C10H15N3O4. The minimum absolute atomic E-state index is 0.00867. The number of carboxylic acid groups (broad SMARTS) is 1. The summed E-state index contributed by atoms with van der Waals surface area (Å²) in [6, 6.07) is 1.72. The number of aliphatic carboxylic acids is 1. The lowest BCUT2D eigenvalue weighted by Crippen LogP contribution is -2.28. The molecule has 0 saturated heterocycles. The van der Waals surface area contributed by atoms with E-state index >= 15 is 0 Å². The van der Waals surface area contributed by atoms with Crippen LogP contribution in [0.15, 0.2) is 11.8 Å². The summed E-state index contributed by atoms with van der Waals surface area (Å²) in [7, 11) is 1.54. The number of nitrogens with one attached hydrogen (secondary N) is 2. The fourth-order valence-electron chi connectivity index (χ4n) is 0.862. The number of ether oxygens (including phenoxy) is 1. The quantitative estimate of drug-likeness (QED) is 0.292. The van der Waals surface area contributed by atoms with Gasteiger partial charge in [-0.25, -0.2) is 0 Å². The molecule has 17 heavy (non-hydrogen) atoms. The SMILES string of the molecule is COCCN/C=C(/C#N)C(=O)NCCC(=O)O. The van der Waals surface area contributed by atoms with Gasteiger partial charge in [0.15, 0.2) is 0 Å². The third-order valence-corrected chi connectivity index (χ3v) is 1.69. The number of hydrogen-bond donors (Lipinski definition) is 3.